The number of pyridine rings is 1. The summed E-state index contributed by atoms with van der Waals surface area (Å²) >= 11 is 1.38. The number of nitrogens with one attached hydrogen (secondary N) is 2. The molecule has 0 spiro atoms. The van der Waals surface area contributed by atoms with Crippen LogP contribution in [0.5, 0.6) is 0 Å². The van der Waals surface area contributed by atoms with Gasteiger partial charge in [0.15, 0.2) is 11.0 Å². The van der Waals surface area contributed by atoms with E-state index < -0.39 is 5.25 Å². The molecule has 1 saturated carbocycles. The number of hydrogen-bond donors (Lipinski definition) is 2. The number of aromatic nitrogens is 4. The molecule has 1 fully saturated rings. The van der Waals surface area contributed by atoms with Crippen molar-refractivity contribution in [2.75, 3.05) is 11.9 Å². The topological polar surface area (TPSA) is 102 Å². The van der Waals surface area contributed by atoms with Crippen molar-refractivity contribution in [1.82, 2.24) is 25.1 Å². The molecule has 0 saturated heterocycles. The van der Waals surface area contributed by atoms with Crippen LogP contribution in [0.25, 0.3) is 11.4 Å². The number of thioether (sulfide) groups is 1. The minimum atomic E-state index is -0.443. The van der Waals surface area contributed by atoms with E-state index >= 15 is 0 Å². The molecule has 8 nitrogen and oxygen atoms in total. The normalized spacial score (nSPS) is 18.4. The highest BCUT2D eigenvalue weighted by Gasteiger charge is 2.30. The van der Waals surface area contributed by atoms with Gasteiger partial charge >= 0.3 is 0 Å². The summed E-state index contributed by atoms with van der Waals surface area (Å²) < 4.78 is 2.20. The summed E-state index contributed by atoms with van der Waals surface area (Å²) in [7, 11) is 0. The van der Waals surface area contributed by atoms with Crippen LogP contribution >= 0.6 is 11.8 Å². The van der Waals surface area contributed by atoms with Gasteiger partial charge in [-0.05, 0) is 62.8 Å². The molecule has 2 amide bonds. The summed E-state index contributed by atoms with van der Waals surface area (Å²) in [6.45, 7) is 7.91. The fourth-order valence-electron chi connectivity index (χ4n) is 4.75. The van der Waals surface area contributed by atoms with Crippen LogP contribution in [-0.2, 0) is 9.59 Å². The highest BCUT2D eigenvalue weighted by molar-refractivity contribution is 8.00. The molecule has 3 aromatic rings. The number of carbonyl (C=O) groups excluding carboxylic acids is 2. The second kappa shape index (κ2) is 11.7. The molecule has 0 aliphatic heterocycles. The number of aryl methyl sites for hydroxylation is 2. The summed E-state index contributed by atoms with van der Waals surface area (Å²) in [6.07, 6.45) is 8.15. The Labute approximate surface area is 216 Å². The molecule has 1 aromatic carbocycles. The number of para-hydroxylation sites is 1. The average molecular weight is 507 g/mol. The zero-order valence-corrected chi connectivity index (χ0v) is 22.1. The number of anilines is 1. The first-order chi connectivity index (χ1) is 17.3. The zero-order valence-electron chi connectivity index (χ0n) is 21.3. The van der Waals surface area contributed by atoms with Gasteiger partial charge in [-0.25, -0.2) is 0 Å². The van der Waals surface area contributed by atoms with Crippen LogP contribution in [0.4, 0.5) is 5.69 Å². The number of hydrogen-bond acceptors (Lipinski definition) is 6. The van der Waals surface area contributed by atoms with Crippen molar-refractivity contribution in [1.29, 1.82) is 0 Å². The molecule has 190 valence electrons. The van der Waals surface area contributed by atoms with E-state index in [1.54, 1.807) is 12.4 Å². The molecule has 0 radical (unpaired) electrons. The first-order valence-corrected chi connectivity index (χ1v) is 13.4. The smallest absolute Gasteiger partial charge is 0.243 e. The predicted octanol–water partition coefficient (Wildman–Crippen LogP) is 4.94. The molecule has 2 heterocycles. The van der Waals surface area contributed by atoms with Gasteiger partial charge in [0.05, 0.1) is 11.8 Å². The van der Waals surface area contributed by atoms with E-state index in [9.17, 15) is 9.59 Å². The standard InChI is InChI=1S/C27H34N6O2S/c1-17-9-5-6-13-22(17)33-25(21-12-8-14-28-15-21)31-32-27(33)36-20(4)26(35)29-16-23(34)30-24-18(2)10-7-11-19(24)3/h7-8,10-12,14-15,17,20,22H,5-6,9,13,16H2,1-4H3,(H,29,35)(H,30,34). The van der Waals surface area contributed by atoms with Crippen LogP contribution in [0.3, 0.4) is 0 Å². The van der Waals surface area contributed by atoms with Gasteiger partial charge < -0.3 is 10.6 Å². The Kier molecular flexibility index (Phi) is 8.40. The summed E-state index contributed by atoms with van der Waals surface area (Å²) in [5, 5.41) is 14.9. The van der Waals surface area contributed by atoms with Gasteiger partial charge in [0, 0.05) is 29.7 Å². The lowest BCUT2D eigenvalue weighted by Gasteiger charge is -2.31. The summed E-state index contributed by atoms with van der Waals surface area (Å²) in [6, 6.07) is 10.00. The average Bonchev–Trinajstić information content (AvgIpc) is 3.28. The van der Waals surface area contributed by atoms with Gasteiger partial charge in [0.1, 0.15) is 0 Å². The second-order valence-electron chi connectivity index (χ2n) is 9.54. The van der Waals surface area contributed by atoms with Crippen LogP contribution in [0, 0.1) is 19.8 Å². The molecule has 0 bridgehead atoms. The predicted molar refractivity (Wildman–Crippen MR) is 143 cm³/mol. The summed E-state index contributed by atoms with van der Waals surface area (Å²) in [4.78, 5) is 29.6. The SMILES string of the molecule is Cc1cccc(C)c1NC(=O)CNC(=O)C(C)Sc1nnc(-c2cccnc2)n1C1CCCCC1C. The number of nitrogens with zero attached hydrogens (tertiary/aromatic N) is 4. The monoisotopic (exact) mass is 506 g/mol. The van der Waals surface area contributed by atoms with Crippen molar-refractivity contribution < 1.29 is 9.59 Å². The molecule has 3 atom stereocenters. The lowest BCUT2D eigenvalue weighted by molar-refractivity contribution is -0.123. The van der Waals surface area contributed by atoms with Gasteiger partial charge in [-0.15, -0.1) is 10.2 Å². The maximum Gasteiger partial charge on any atom is 0.243 e. The minimum Gasteiger partial charge on any atom is -0.346 e. The third kappa shape index (κ3) is 5.95. The number of amides is 2. The molecule has 2 aromatic heterocycles. The number of rotatable bonds is 8. The first kappa shape index (κ1) is 25.9. The van der Waals surface area contributed by atoms with Crippen molar-refractivity contribution >= 4 is 29.3 Å². The minimum absolute atomic E-state index is 0.0925. The van der Waals surface area contributed by atoms with Crippen molar-refractivity contribution in [2.24, 2.45) is 5.92 Å². The van der Waals surface area contributed by atoms with Gasteiger partial charge in [-0.2, -0.15) is 0 Å². The van der Waals surface area contributed by atoms with E-state index in [0.29, 0.717) is 5.92 Å². The molecule has 4 rings (SSSR count). The van der Waals surface area contributed by atoms with E-state index in [0.717, 1.165) is 52.6 Å². The lowest BCUT2D eigenvalue weighted by Crippen LogP contribution is -2.37. The van der Waals surface area contributed by atoms with Gasteiger partial charge in [0.25, 0.3) is 0 Å². The quantitative estimate of drug-likeness (QED) is 0.420. The van der Waals surface area contributed by atoms with E-state index in [1.165, 1.54) is 18.2 Å². The molecule has 1 aliphatic carbocycles. The Bertz CT molecular complexity index is 1190. The second-order valence-corrected chi connectivity index (χ2v) is 10.8. The molecular formula is C27H34N6O2S. The van der Waals surface area contributed by atoms with Crippen molar-refractivity contribution in [3.8, 4) is 11.4 Å². The maximum absolute atomic E-state index is 12.9. The highest BCUT2D eigenvalue weighted by atomic mass is 32.2. The molecule has 3 unspecified atom stereocenters. The molecule has 36 heavy (non-hydrogen) atoms. The van der Waals surface area contributed by atoms with E-state index in [1.807, 2.05) is 51.1 Å². The first-order valence-electron chi connectivity index (χ1n) is 12.5. The Morgan fingerprint density at radius 1 is 1.11 bits per heavy atom. The van der Waals surface area contributed by atoms with Crippen molar-refractivity contribution in [2.45, 2.75) is 69.8 Å². The summed E-state index contributed by atoms with van der Waals surface area (Å²) in [5.74, 6) is 0.800. The fraction of sp³-hybridized carbons (Fsp3) is 0.444. The molecule has 2 N–H and O–H groups in total. The largest absolute Gasteiger partial charge is 0.346 e. The fourth-order valence-corrected chi connectivity index (χ4v) is 5.68. The van der Waals surface area contributed by atoms with E-state index in [2.05, 4.69) is 37.3 Å². The van der Waals surface area contributed by atoms with Crippen LogP contribution in [0.2, 0.25) is 0 Å². The van der Waals surface area contributed by atoms with Gasteiger partial charge in [-0.1, -0.05) is 49.7 Å². The number of carbonyl (C=O) groups is 2. The number of benzene rings is 1. The lowest BCUT2D eigenvalue weighted by atomic mass is 9.85. The van der Waals surface area contributed by atoms with Crippen molar-refractivity contribution in [3.05, 3.63) is 53.9 Å². The molecular weight excluding hydrogens is 472 g/mol. The van der Waals surface area contributed by atoms with Crippen LogP contribution in [-0.4, -0.2) is 43.4 Å². The Morgan fingerprint density at radius 3 is 2.56 bits per heavy atom. The third-order valence-corrected chi connectivity index (χ3v) is 7.86. The Morgan fingerprint density at radius 2 is 1.86 bits per heavy atom. The van der Waals surface area contributed by atoms with Gasteiger partial charge in [-0.3, -0.25) is 19.1 Å². The van der Waals surface area contributed by atoms with Crippen LogP contribution in [0.1, 0.15) is 56.7 Å². The molecule has 9 heteroatoms. The maximum atomic E-state index is 12.9. The Hall–Kier alpha value is -3.20. The van der Waals surface area contributed by atoms with E-state index in [-0.39, 0.29) is 24.4 Å². The summed E-state index contributed by atoms with van der Waals surface area (Å²) in [5.41, 5.74) is 3.67. The van der Waals surface area contributed by atoms with Gasteiger partial charge in [0.2, 0.25) is 11.8 Å². The van der Waals surface area contributed by atoms with Crippen molar-refractivity contribution in [3.63, 3.8) is 0 Å². The van der Waals surface area contributed by atoms with Crippen LogP contribution in [0.15, 0.2) is 47.9 Å². The van der Waals surface area contributed by atoms with Crippen LogP contribution < -0.4 is 10.6 Å². The molecule has 1 aliphatic rings. The zero-order chi connectivity index (χ0) is 25.7. The Balaban J connectivity index is 1.45. The third-order valence-electron chi connectivity index (χ3n) is 6.80. The van der Waals surface area contributed by atoms with E-state index in [4.69, 9.17) is 0 Å². The highest BCUT2D eigenvalue weighted by Crippen LogP contribution is 2.39.